The maximum Gasteiger partial charge on any atom is 0.140 e. The highest BCUT2D eigenvalue weighted by molar-refractivity contribution is 4.83. The predicted octanol–water partition coefficient (Wildman–Crippen LogP) is 3.38. The maximum atomic E-state index is 4.32. The van der Waals surface area contributed by atoms with Gasteiger partial charge in [-0.15, -0.1) is 0 Å². The number of aromatic nitrogens is 3. The molecular formula is C15H30N4. The lowest BCUT2D eigenvalue weighted by Crippen LogP contribution is -2.20. The van der Waals surface area contributed by atoms with Crippen molar-refractivity contribution in [1.29, 1.82) is 0 Å². The maximum absolute atomic E-state index is 4.32. The Bertz CT molecular complexity index is 320. The zero-order chi connectivity index (χ0) is 13.9. The van der Waals surface area contributed by atoms with E-state index in [9.17, 15) is 0 Å². The van der Waals surface area contributed by atoms with Crippen LogP contribution in [0, 0.1) is 5.92 Å². The van der Waals surface area contributed by atoms with Crippen LogP contribution in [0.1, 0.15) is 65.1 Å². The quantitative estimate of drug-likeness (QED) is 0.624. The Morgan fingerprint density at radius 3 is 2.63 bits per heavy atom. The standard InChI is InChI=1S/C15H30N4/c1-4-5-6-7-8-9-10-16-11-15-17-13-18-19(15)12-14(2)3/h13-14,16H,4-12H2,1-3H3. The average Bonchev–Trinajstić information content (AvgIpc) is 2.79. The molecule has 0 unspecified atom stereocenters. The molecule has 4 nitrogen and oxygen atoms in total. The third-order valence-corrected chi connectivity index (χ3v) is 3.22. The first-order chi connectivity index (χ1) is 9.24. The summed E-state index contributed by atoms with van der Waals surface area (Å²) in [5.41, 5.74) is 0. The highest BCUT2D eigenvalue weighted by Gasteiger charge is 2.05. The predicted molar refractivity (Wildman–Crippen MR) is 79.9 cm³/mol. The normalized spacial score (nSPS) is 11.4. The lowest BCUT2D eigenvalue weighted by atomic mass is 10.1. The first kappa shape index (κ1) is 16.2. The highest BCUT2D eigenvalue weighted by Crippen LogP contribution is 2.04. The molecule has 0 radical (unpaired) electrons. The van der Waals surface area contributed by atoms with Crippen LogP contribution in [-0.4, -0.2) is 21.3 Å². The summed E-state index contributed by atoms with van der Waals surface area (Å²) < 4.78 is 2.01. The van der Waals surface area contributed by atoms with Gasteiger partial charge in [0, 0.05) is 6.54 Å². The average molecular weight is 266 g/mol. The van der Waals surface area contributed by atoms with E-state index >= 15 is 0 Å². The summed E-state index contributed by atoms with van der Waals surface area (Å²) in [6.45, 7) is 9.54. The lowest BCUT2D eigenvalue weighted by Gasteiger charge is -2.09. The Balaban J connectivity index is 2.07. The van der Waals surface area contributed by atoms with Gasteiger partial charge in [0.15, 0.2) is 0 Å². The third-order valence-electron chi connectivity index (χ3n) is 3.22. The molecule has 0 spiro atoms. The fourth-order valence-electron chi connectivity index (χ4n) is 2.15. The van der Waals surface area contributed by atoms with Crippen molar-refractivity contribution in [3.63, 3.8) is 0 Å². The number of rotatable bonds is 11. The van der Waals surface area contributed by atoms with Crippen molar-refractivity contribution in [2.45, 2.75) is 72.4 Å². The smallest absolute Gasteiger partial charge is 0.140 e. The van der Waals surface area contributed by atoms with E-state index < -0.39 is 0 Å². The molecule has 4 heteroatoms. The molecule has 0 aliphatic carbocycles. The summed E-state index contributed by atoms with van der Waals surface area (Å²) >= 11 is 0. The van der Waals surface area contributed by atoms with Gasteiger partial charge in [-0.1, -0.05) is 52.9 Å². The van der Waals surface area contributed by atoms with Crippen LogP contribution in [0.15, 0.2) is 6.33 Å². The van der Waals surface area contributed by atoms with E-state index in [4.69, 9.17) is 0 Å². The summed E-state index contributed by atoms with van der Waals surface area (Å²) in [7, 11) is 0. The molecule has 0 fully saturated rings. The van der Waals surface area contributed by atoms with Gasteiger partial charge in [-0.25, -0.2) is 9.67 Å². The monoisotopic (exact) mass is 266 g/mol. The Morgan fingerprint density at radius 1 is 1.16 bits per heavy atom. The Labute approximate surface area is 118 Å². The van der Waals surface area contributed by atoms with E-state index in [1.54, 1.807) is 6.33 Å². The Kier molecular flexibility index (Phi) is 8.47. The van der Waals surface area contributed by atoms with Gasteiger partial charge >= 0.3 is 0 Å². The molecule has 0 amide bonds. The van der Waals surface area contributed by atoms with Gasteiger partial charge in [-0.2, -0.15) is 5.10 Å². The molecule has 0 aromatic carbocycles. The van der Waals surface area contributed by atoms with Crippen molar-refractivity contribution in [2.75, 3.05) is 6.54 Å². The summed E-state index contributed by atoms with van der Waals surface area (Å²) in [6, 6.07) is 0. The van der Waals surface area contributed by atoms with E-state index in [0.29, 0.717) is 5.92 Å². The summed E-state index contributed by atoms with van der Waals surface area (Å²) in [5, 5.41) is 7.74. The molecular weight excluding hydrogens is 236 g/mol. The minimum Gasteiger partial charge on any atom is -0.310 e. The summed E-state index contributed by atoms with van der Waals surface area (Å²) in [4.78, 5) is 4.32. The molecule has 0 bridgehead atoms. The van der Waals surface area contributed by atoms with Gasteiger partial charge < -0.3 is 5.32 Å². The zero-order valence-corrected chi connectivity index (χ0v) is 12.9. The molecule has 110 valence electrons. The second-order valence-electron chi connectivity index (χ2n) is 5.70. The van der Waals surface area contributed by atoms with Crippen molar-refractivity contribution in [3.05, 3.63) is 12.2 Å². The lowest BCUT2D eigenvalue weighted by molar-refractivity contribution is 0.456. The molecule has 1 N–H and O–H groups in total. The summed E-state index contributed by atoms with van der Waals surface area (Å²) in [6.07, 6.45) is 9.73. The van der Waals surface area contributed by atoms with Gasteiger partial charge in [0.05, 0.1) is 6.54 Å². The van der Waals surface area contributed by atoms with E-state index in [1.165, 1.54) is 38.5 Å². The van der Waals surface area contributed by atoms with Crippen LogP contribution in [0.25, 0.3) is 0 Å². The Morgan fingerprint density at radius 2 is 1.89 bits per heavy atom. The Hall–Kier alpha value is -0.900. The molecule has 0 saturated carbocycles. The summed E-state index contributed by atoms with van der Waals surface area (Å²) in [5.74, 6) is 1.67. The zero-order valence-electron chi connectivity index (χ0n) is 12.9. The van der Waals surface area contributed by atoms with Crippen LogP contribution < -0.4 is 5.32 Å². The number of nitrogens with zero attached hydrogens (tertiary/aromatic N) is 3. The second kappa shape index (κ2) is 9.96. The third kappa shape index (κ3) is 7.31. The minimum atomic E-state index is 0.610. The van der Waals surface area contributed by atoms with Crippen molar-refractivity contribution in [3.8, 4) is 0 Å². The molecule has 0 saturated heterocycles. The van der Waals surface area contributed by atoms with Crippen LogP contribution >= 0.6 is 0 Å². The van der Waals surface area contributed by atoms with E-state index in [1.807, 2.05) is 4.68 Å². The van der Waals surface area contributed by atoms with Crippen molar-refractivity contribution < 1.29 is 0 Å². The molecule has 1 aromatic heterocycles. The second-order valence-corrected chi connectivity index (χ2v) is 5.70. The van der Waals surface area contributed by atoms with E-state index in [-0.39, 0.29) is 0 Å². The van der Waals surface area contributed by atoms with Crippen LogP contribution in [0.5, 0.6) is 0 Å². The van der Waals surface area contributed by atoms with Crippen molar-refractivity contribution in [2.24, 2.45) is 5.92 Å². The van der Waals surface area contributed by atoms with Crippen LogP contribution in [0.4, 0.5) is 0 Å². The van der Waals surface area contributed by atoms with Gasteiger partial charge in [-0.3, -0.25) is 0 Å². The fourth-order valence-corrected chi connectivity index (χ4v) is 2.15. The van der Waals surface area contributed by atoms with Gasteiger partial charge in [0.1, 0.15) is 12.2 Å². The van der Waals surface area contributed by atoms with Gasteiger partial charge in [-0.05, 0) is 18.9 Å². The topological polar surface area (TPSA) is 42.7 Å². The van der Waals surface area contributed by atoms with Gasteiger partial charge in [0.2, 0.25) is 0 Å². The van der Waals surface area contributed by atoms with E-state index in [0.717, 1.165) is 25.5 Å². The van der Waals surface area contributed by atoms with Crippen molar-refractivity contribution >= 4 is 0 Å². The molecule has 1 rings (SSSR count). The molecule has 1 heterocycles. The SMILES string of the molecule is CCCCCCCCNCc1ncnn1CC(C)C. The number of hydrogen-bond acceptors (Lipinski definition) is 3. The largest absolute Gasteiger partial charge is 0.310 e. The van der Waals surface area contributed by atoms with E-state index in [2.05, 4.69) is 36.2 Å². The first-order valence-electron chi connectivity index (χ1n) is 7.81. The van der Waals surface area contributed by atoms with Crippen molar-refractivity contribution in [1.82, 2.24) is 20.1 Å². The molecule has 0 aliphatic rings. The van der Waals surface area contributed by atoms with Crippen LogP contribution in [-0.2, 0) is 13.1 Å². The van der Waals surface area contributed by atoms with Crippen LogP contribution in [0.2, 0.25) is 0 Å². The van der Waals surface area contributed by atoms with Gasteiger partial charge in [0.25, 0.3) is 0 Å². The molecule has 0 aliphatic heterocycles. The fraction of sp³-hybridized carbons (Fsp3) is 0.867. The highest BCUT2D eigenvalue weighted by atomic mass is 15.3. The number of unbranched alkanes of at least 4 members (excludes halogenated alkanes) is 5. The number of nitrogens with one attached hydrogen (secondary N) is 1. The minimum absolute atomic E-state index is 0.610. The molecule has 1 aromatic rings. The molecule has 0 atom stereocenters. The first-order valence-corrected chi connectivity index (χ1v) is 7.81. The van der Waals surface area contributed by atoms with Crippen LogP contribution in [0.3, 0.4) is 0 Å². The molecule has 19 heavy (non-hydrogen) atoms. The number of hydrogen-bond donors (Lipinski definition) is 1.